The molecule has 0 atom stereocenters. The molecule has 29 heavy (non-hydrogen) atoms. The minimum atomic E-state index is -0.690. The molecule has 0 radical (unpaired) electrons. The van der Waals surface area contributed by atoms with Gasteiger partial charge in [0.1, 0.15) is 0 Å². The van der Waals surface area contributed by atoms with Crippen LogP contribution in [0.2, 0.25) is 15.1 Å². The average molecular weight is 449 g/mol. The molecule has 3 rings (SSSR count). The van der Waals surface area contributed by atoms with Gasteiger partial charge in [-0.2, -0.15) is 0 Å². The fraction of sp³-hybridized carbons (Fsp3) is 0.0476. The van der Waals surface area contributed by atoms with E-state index in [0.717, 1.165) is 11.4 Å². The third kappa shape index (κ3) is 5.21. The van der Waals surface area contributed by atoms with Gasteiger partial charge in [0.2, 0.25) is 0 Å². The predicted molar refractivity (Wildman–Crippen MR) is 119 cm³/mol. The Morgan fingerprint density at radius 3 is 2.21 bits per heavy atom. The van der Waals surface area contributed by atoms with Crippen LogP contribution in [0.5, 0.6) is 0 Å². The summed E-state index contributed by atoms with van der Waals surface area (Å²) in [5, 5.41) is 6.15. The molecule has 0 fully saturated rings. The number of halogens is 3. The Bertz CT molecular complexity index is 1060. The Morgan fingerprint density at radius 1 is 0.862 bits per heavy atom. The van der Waals surface area contributed by atoms with Crippen molar-refractivity contribution in [3.05, 3.63) is 87.4 Å². The van der Waals surface area contributed by atoms with E-state index >= 15 is 0 Å². The van der Waals surface area contributed by atoms with E-state index < -0.39 is 11.9 Å². The molecule has 0 saturated heterocycles. The number of hydrogen-bond donors (Lipinski definition) is 2. The van der Waals surface area contributed by atoms with Gasteiger partial charge < -0.3 is 10.2 Å². The molecule has 8 heteroatoms. The molecule has 148 valence electrons. The van der Waals surface area contributed by atoms with Crippen molar-refractivity contribution in [3.8, 4) is 0 Å². The number of amides is 3. The number of hydrogen-bond acceptors (Lipinski definition) is 3. The number of imide groups is 1. The van der Waals surface area contributed by atoms with Crippen molar-refractivity contribution < 1.29 is 9.59 Å². The van der Waals surface area contributed by atoms with E-state index in [0.29, 0.717) is 15.7 Å². The van der Waals surface area contributed by atoms with E-state index in [-0.39, 0.29) is 10.6 Å². The van der Waals surface area contributed by atoms with Gasteiger partial charge in [-0.15, -0.1) is 0 Å². The summed E-state index contributed by atoms with van der Waals surface area (Å²) < 4.78 is 0. The van der Waals surface area contributed by atoms with E-state index in [1.165, 1.54) is 6.07 Å². The van der Waals surface area contributed by atoms with Crippen molar-refractivity contribution in [2.24, 2.45) is 0 Å². The minimum Gasteiger partial charge on any atom is -0.343 e. The van der Waals surface area contributed by atoms with Gasteiger partial charge in [0.05, 0.1) is 21.3 Å². The summed E-state index contributed by atoms with van der Waals surface area (Å²) in [7, 11) is 1.87. The van der Waals surface area contributed by atoms with Crippen LogP contribution in [0.3, 0.4) is 0 Å². The Balaban J connectivity index is 1.68. The SMILES string of the molecule is CN(c1ccc(Cl)cc1)c1ccc(NC(=O)NC(=O)c2ccccc2Cl)cc1Cl. The van der Waals surface area contributed by atoms with Gasteiger partial charge >= 0.3 is 6.03 Å². The summed E-state index contributed by atoms with van der Waals surface area (Å²) in [5.41, 5.74) is 2.29. The maximum Gasteiger partial charge on any atom is 0.326 e. The van der Waals surface area contributed by atoms with Crippen molar-refractivity contribution in [1.82, 2.24) is 5.32 Å². The lowest BCUT2D eigenvalue weighted by Crippen LogP contribution is -2.34. The van der Waals surface area contributed by atoms with Crippen LogP contribution in [0.4, 0.5) is 21.9 Å². The second-order valence-corrected chi connectivity index (χ2v) is 7.34. The quantitative estimate of drug-likeness (QED) is 0.487. The number of benzene rings is 3. The summed E-state index contributed by atoms with van der Waals surface area (Å²) >= 11 is 18.3. The second kappa shape index (κ2) is 9.18. The van der Waals surface area contributed by atoms with Crippen molar-refractivity contribution >= 4 is 63.8 Å². The molecule has 0 saturated carbocycles. The Morgan fingerprint density at radius 2 is 1.55 bits per heavy atom. The molecule has 3 amide bonds. The molecule has 3 aromatic rings. The molecule has 5 nitrogen and oxygen atoms in total. The van der Waals surface area contributed by atoms with Gasteiger partial charge in [0.15, 0.2) is 0 Å². The fourth-order valence-electron chi connectivity index (χ4n) is 2.64. The molecular formula is C21H16Cl3N3O2. The Kier molecular flexibility index (Phi) is 6.64. The minimum absolute atomic E-state index is 0.210. The lowest BCUT2D eigenvalue weighted by molar-refractivity contribution is 0.0967. The van der Waals surface area contributed by atoms with E-state index in [1.54, 1.807) is 48.5 Å². The van der Waals surface area contributed by atoms with Crippen LogP contribution in [-0.2, 0) is 0 Å². The van der Waals surface area contributed by atoms with E-state index in [2.05, 4.69) is 10.6 Å². The van der Waals surface area contributed by atoms with E-state index in [4.69, 9.17) is 34.8 Å². The summed E-state index contributed by atoms with van der Waals surface area (Å²) in [6, 6.07) is 18.2. The molecular weight excluding hydrogens is 433 g/mol. The van der Waals surface area contributed by atoms with Gasteiger partial charge in [0, 0.05) is 23.4 Å². The molecule has 0 aliphatic heterocycles. The number of nitrogens with zero attached hydrogens (tertiary/aromatic N) is 1. The third-order valence-electron chi connectivity index (χ3n) is 4.13. The summed E-state index contributed by atoms with van der Waals surface area (Å²) in [4.78, 5) is 26.2. The largest absolute Gasteiger partial charge is 0.343 e. The molecule has 0 unspecified atom stereocenters. The molecule has 0 aliphatic carbocycles. The summed E-state index contributed by atoms with van der Waals surface area (Å²) in [5.74, 6) is -0.599. The zero-order chi connectivity index (χ0) is 21.0. The number of rotatable bonds is 4. The van der Waals surface area contributed by atoms with Crippen molar-refractivity contribution in [3.63, 3.8) is 0 Å². The highest BCUT2D eigenvalue weighted by Crippen LogP contribution is 2.33. The predicted octanol–water partition coefficient (Wildman–Crippen LogP) is 6.38. The Hall–Kier alpha value is -2.73. The maximum atomic E-state index is 12.2. The number of nitrogens with one attached hydrogen (secondary N) is 2. The van der Waals surface area contributed by atoms with E-state index in [1.807, 2.05) is 24.1 Å². The van der Waals surface area contributed by atoms with Crippen LogP contribution in [0.1, 0.15) is 10.4 Å². The Labute approximate surface area is 183 Å². The lowest BCUT2D eigenvalue weighted by atomic mass is 10.2. The fourth-order valence-corrected chi connectivity index (χ4v) is 3.29. The van der Waals surface area contributed by atoms with Crippen molar-refractivity contribution in [2.75, 3.05) is 17.3 Å². The zero-order valence-corrected chi connectivity index (χ0v) is 17.5. The van der Waals surface area contributed by atoms with E-state index in [9.17, 15) is 9.59 Å². The summed E-state index contributed by atoms with van der Waals surface area (Å²) in [6.07, 6.45) is 0. The molecule has 0 aliphatic rings. The first kappa shape index (κ1) is 21.0. The van der Waals surface area contributed by atoms with Gasteiger partial charge in [-0.3, -0.25) is 10.1 Å². The standard InChI is InChI=1S/C21H16Cl3N3O2/c1-27(15-9-6-13(22)7-10-15)19-11-8-14(12-18(19)24)25-21(29)26-20(28)16-4-2-3-5-17(16)23/h2-12H,1H3,(H2,25,26,28,29). The van der Waals surface area contributed by atoms with Gasteiger partial charge in [0.25, 0.3) is 5.91 Å². The van der Waals surface area contributed by atoms with Crippen LogP contribution in [0.25, 0.3) is 0 Å². The molecule has 0 aromatic heterocycles. The molecule has 0 heterocycles. The van der Waals surface area contributed by atoms with Crippen LogP contribution in [-0.4, -0.2) is 19.0 Å². The topological polar surface area (TPSA) is 61.4 Å². The highest BCUT2D eigenvalue weighted by molar-refractivity contribution is 6.34. The first-order valence-corrected chi connectivity index (χ1v) is 9.64. The average Bonchev–Trinajstić information content (AvgIpc) is 2.68. The molecule has 3 aromatic carbocycles. The summed E-state index contributed by atoms with van der Waals surface area (Å²) in [6.45, 7) is 0. The second-order valence-electron chi connectivity index (χ2n) is 6.09. The molecule has 0 spiro atoms. The van der Waals surface area contributed by atoms with Crippen molar-refractivity contribution in [2.45, 2.75) is 0 Å². The number of urea groups is 1. The van der Waals surface area contributed by atoms with Crippen LogP contribution < -0.4 is 15.5 Å². The number of carbonyl (C=O) groups is 2. The normalized spacial score (nSPS) is 10.3. The van der Waals surface area contributed by atoms with Crippen LogP contribution >= 0.6 is 34.8 Å². The van der Waals surface area contributed by atoms with Crippen molar-refractivity contribution in [1.29, 1.82) is 0 Å². The van der Waals surface area contributed by atoms with Crippen LogP contribution in [0, 0.1) is 0 Å². The monoisotopic (exact) mass is 447 g/mol. The lowest BCUT2D eigenvalue weighted by Gasteiger charge is -2.21. The van der Waals surface area contributed by atoms with Crippen LogP contribution in [0.15, 0.2) is 66.7 Å². The van der Waals surface area contributed by atoms with Gasteiger partial charge in [-0.1, -0.05) is 46.9 Å². The third-order valence-corrected chi connectivity index (χ3v) is 5.01. The highest BCUT2D eigenvalue weighted by Gasteiger charge is 2.14. The molecule has 0 bridgehead atoms. The molecule has 2 N–H and O–H groups in total. The van der Waals surface area contributed by atoms with Gasteiger partial charge in [-0.05, 0) is 54.6 Å². The smallest absolute Gasteiger partial charge is 0.326 e. The zero-order valence-electron chi connectivity index (χ0n) is 15.2. The number of anilines is 3. The highest BCUT2D eigenvalue weighted by atomic mass is 35.5. The first-order chi connectivity index (χ1) is 13.8. The maximum absolute atomic E-state index is 12.2. The number of carbonyl (C=O) groups excluding carboxylic acids is 2. The van der Waals surface area contributed by atoms with Gasteiger partial charge in [-0.25, -0.2) is 4.79 Å². The first-order valence-electron chi connectivity index (χ1n) is 8.51.